The van der Waals surface area contributed by atoms with E-state index >= 15 is 0 Å². The van der Waals surface area contributed by atoms with Gasteiger partial charge < -0.3 is 9.32 Å². The minimum atomic E-state index is -0.310. The van der Waals surface area contributed by atoms with E-state index in [2.05, 4.69) is 11.2 Å². The summed E-state index contributed by atoms with van der Waals surface area (Å²) < 4.78 is 6.52. The number of fused-ring (bicyclic) bond motifs is 1. The van der Waals surface area contributed by atoms with Gasteiger partial charge in [0.2, 0.25) is 5.91 Å². The van der Waals surface area contributed by atoms with Crippen molar-refractivity contribution in [3.63, 3.8) is 0 Å². The molecule has 0 saturated carbocycles. The molecule has 3 aromatic rings. The molecule has 0 bridgehead atoms. The first-order valence-electron chi connectivity index (χ1n) is 8.64. The number of carbonyl (C=O) groups excluding carboxylic acids is 1. The SMILES string of the molecule is Cc1ccc2c(c1)CCCN2C(=O)Cn1nc(-c2ccco2)ccc1=O. The second kappa shape index (κ2) is 6.63. The largest absolute Gasteiger partial charge is 0.463 e. The maximum Gasteiger partial charge on any atom is 0.267 e. The summed E-state index contributed by atoms with van der Waals surface area (Å²) in [5.41, 5.74) is 3.50. The topological polar surface area (TPSA) is 68.3 Å². The molecule has 1 aromatic carbocycles. The van der Waals surface area contributed by atoms with Crippen LogP contribution in [0, 0.1) is 6.92 Å². The fraction of sp³-hybridized carbons (Fsp3) is 0.250. The van der Waals surface area contributed by atoms with E-state index in [0.29, 0.717) is 18.0 Å². The molecule has 3 heterocycles. The Balaban J connectivity index is 1.62. The van der Waals surface area contributed by atoms with E-state index in [4.69, 9.17) is 4.42 Å². The third kappa shape index (κ3) is 3.06. The predicted octanol–water partition coefficient (Wildman–Crippen LogP) is 2.79. The average molecular weight is 349 g/mol. The fourth-order valence-electron chi connectivity index (χ4n) is 3.32. The van der Waals surface area contributed by atoms with Crippen LogP contribution in [0.25, 0.3) is 11.5 Å². The molecular formula is C20H19N3O3. The van der Waals surface area contributed by atoms with Crippen molar-refractivity contribution in [1.29, 1.82) is 0 Å². The molecule has 0 unspecified atom stereocenters. The minimum Gasteiger partial charge on any atom is -0.463 e. The van der Waals surface area contributed by atoms with Gasteiger partial charge in [0.15, 0.2) is 5.76 Å². The summed E-state index contributed by atoms with van der Waals surface area (Å²) in [5.74, 6) is 0.422. The number of nitrogens with zero attached hydrogens (tertiary/aromatic N) is 3. The quantitative estimate of drug-likeness (QED) is 0.729. The Morgan fingerprint density at radius 3 is 2.92 bits per heavy atom. The van der Waals surface area contributed by atoms with Crippen molar-refractivity contribution in [2.45, 2.75) is 26.3 Å². The summed E-state index contributed by atoms with van der Waals surface area (Å²) in [6.07, 6.45) is 3.42. The number of carbonyl (C=O) groups is 1. The molecule has 0 aliphatic carbocycles. The third-order valence-electron chi connectivity index (χ3n) is 4.58. The van der Waals surface area contributed by atoms with Gasteiger partial charge >= 0.3 is 0 Å². The Bertz CT molecular complexity index is 1010. The number of furan rings is 1. The third-order valence-corrected chi connectivity index (χ3v) is 4.58. The Kier molecular flexibility index (Phi) is 4.16. The molecular weight excluding hydrogens is 330 g/mol. The van der Waals surface area contributed by atoms with Crippen LogP contribution in [-0.4, -0.2) is 22.2 Å². The Labute approximate surface area is 150 Å². The van der Waals surface area contributed by atoms with Crippen LogP contribution >= 0.6 is 0 Å². The molecule has 0 atom stereocenters. The summed E-state index contributed by atoms with van der Waals surface area (Å²) in [5, 5.41) is 4.28. The van der Waals surface area contributed by atoms with Crippen molar-refractivity contribution in [1.82, 2.24) is 9.78 Å². The van der Waals surface area contributed by atoms with Crippen LogP contribution in [0.4, 0.5) is 5.69 Å². The number of benzene rings is 1. The number of aryl methyl sites for hydroxylation is 2. The normalized spacial score (nSPS) is 13.5. The standard InChI is InChI=1S/C20H19N3O3/c1-14-6-8-17-15(12-14)4-2-10-22(17)20(25)13-23-19(24)9-7-16(21-23)18-5-3-11-26-18/h3,5-9,11-12H,2,4,10,13H2,1H3. The lowest BCUT2D eigenvalue weighted by molar-refractivity contribution is -0.119. The van der Waals surface area contributed by atoms with E-state index in [1.54, 1.807) is 29.4 Å². The molecule has 1 amide bonds. The van der Waals surface area contributed by atoms with Crippen LogP contribution in [0.2, 0.25) is 0 Å². The molecule has 0 saturated heterocycles. The molecule has 0 fully saturated rings. The molecule has 6 nitrogen and oxygen atoms in total. The zero-order valence-corrected chi connectivity index (χ0v) is 14.5. The van der Waals surface area contributed by atoms with E-state index < -0.39 is 0 Å². The summed E-state index contributed by atoms with van der Waals surface area (Å²) >= 11 is 0. The van der Waals surface area contributed by atoms with Gasteiger partial charge in [-0.2, -0.15) is 5.10 Å². The molecule has 0 spiro atoms. The molecule has 2 aromatic heterocycles. The molecule has 132 valence electrons. The van der Waals surface area contributed by atoms with Gasteiger partial charge in [0.1, 0.15) is 12.2 Å². The number of hydrogen-bond acceptors (Lipinski definition) is 4. The zero-order valence-electron chi connectivity index (χ0n) is 14.5. The highest BCUT2D eigenvalue weighted by Gasteiger charge is 2.23. The van der Waals surface area contributed by atoms with Crippen molar-refractivity contribution in [3.05, 3.63) is 70.2 Å². The number of rotatable bonds is 3. The van der Waals surface area contributed by atoms with E-state index in [1.165, 1.54) is 21.9 Å². The van der Waals surface area contributed by atoms with Gasteiger partial charge in [-0.3, -0.25) is 9.59 Å². The first kappa shape index (κ1) is 16.3. The first-order chi connectivity index (χ1) is 12.6. The van der Waals surface area contributed by atoms with Crippen LogP contribution in [0.1, 0.15) is 17.5 Å². The summed E-state index contributed by atoms with van der Waals surface area (Å²) in [6, 6.07) is 12.6. The monoisotopic (exact) mass is 349 g/mol. The predicted molar refractivity (Wildman–Crippen MR) is 98.1 cm³/mol. The van der Waals surface area contributed by atoms with Crippen molar-refractivity contribution in [2.24, 2.45) is 0 Å². The maximum atomic E-state index is 12.9. The van der Waals surface area contributed by atoms with E-state index in [-0.39, 0.29) is 18.0 Å². The van der Waals surface area contributed by atoms with Gasteiger partial charge in [-0.25, -0.2) is 4.68 Å². The second-order valence-electron chi connectivity index (χ2n) is 6.47. The maximum absolute atomic E-state index is 12.9. The minimum absolute atomic E-state index is 0.0965. The summed E-state index contributed by atoms with van der Waals surface area (Å²) in [4.78, 5) is 26.8. The van der Waals surface area contributed by atoms with Crippen LogP contribution in [0.5, 0.6) is 0 Å². The molecule has 6 heteroatoms. The van der Waals surface area contributed by atoms with E-state index in [1.807, 2.05) is 19.1 Å². The number of aromatic nitrogens is 2. The number of amides is 1. The molecule has 1 aliphatic heterocycles. The van der Waals surface area contributed by atoms with Crippen molar-refractivity contribution in [2.75, 3.05) is 11.4 Å². The van der Waals surface area contributed by atoms with Crippen molar-refractivity contribution in [3.8, 4) is 11.5 Å². The van der Waals surface area contributed by atoms with Crippen molar-refractivity contribution >= 4 is 11.6 Å². The summed E-state index contributed by atoms with van der Waals surface area (Å²) in [6.45, 7) is 2.60. The van der Waals surface area contributed by atoms with Gasteiger partial charge in [0.05, 0.1) is 6.26 Å². The molecule has 26 heavy (non-hydrogen) atoms. The van der Waals surface area contributed by atoms with Gasteiger partial charge in [-0.15, -0.1) is 0 Å². The first-order valence-corrected chi connectivity index (χ1v) is 8.64. The summed E-state index contributed by atoms with van der Waals surface area (Å²) in [7, 11) is 0. The Hall–Kier alpha value is -3.15. The zero-order chi connectivity index (χ0) is 18.1. The molecule has 1 aliphatic rings. The van der Waals surface area contributed by atoms with Gasteiger partial charge in [0, 0.05) is 18.3 Å². The lowest BCUT2D eigenvalue weighted by Gasteiger charge is -2.29. The highest BCUT2D eigenvalue weighted by atomic mass is 16.3. The molecule has 0 radical (unpaired) electrons. The lowest BCUT2D eigenvalue weighted by Crippen LogP contribution is -2.40. The highest BCUT2D eigenvalue weighted by molar-refractivity contribution is 5.94. The molecule has 0 N–H and O–H groups in total. The molecule has 4 rings (SSSR count). The number of hydrogen-bond donors (Lipinski definition) is 0. The fourth-order valence-corrected chi connectivity index (χ4v) is 3.32. The van der Waals surface area contributed by atoms with E-state index in [0.717, 1.165) is 18.5 Å². The van der Waals surface area contributed by atoms with Gasteiger partial charge in [-0.1, -0.05) is 17.7 Å². The van der Waals surface area contributed by atoms with Crippen LogP contribution in [0.3, 0.4) is 0 Å². The second-order valence-corrected chi connectivity index (χ2v) is 6.47. The van der Waals surface area contributed by atoms with Gasteiger partial charge in [-0.05, 0) is 49.6 Å². The van der Waals surface area contributed by atoms with Crippen LogP contribution in [0.15, 0.2) is 57.9 Å². The van der Waals surface area contributed by atoms with E-state index in [9.17, 15) is 9.59 Å². The van der Waals surface area contributed by atoms with Crippen LogP contribution < -0.4 is 10.5 Å². The smallest absolute Gasteiger partial charge is 0.267 e. The van der Waals surface area contributed by atoms with Crippen molar-refractivity contribution < 1.29 is 9.21 Å². The average Bonchev–Trinajstić information content (AvgIpc) is 3.17. The Morgan fingerprint density at radius 2 is 2.12 bits per heavy atom. The highest BCUT2D eigenvalue weighted by Crippen LogP contribution is 2.28. The number of anilines is 1. The lowest BCUT2D eigenvalue weighted by atomic mass is 9.99. The van der Waals surface area contributed by atoms with Gasteiger partial charge in [0.25, 0.3) is 5.56 Å². The van der Waals surface area contributed by atoms with Crippen LogP contribution in [-0.2, 0) is 17.8 Å². The Morgan fingerprint density at radius 1 is 1.23 bits per heavy atom.